The number of aryl methyl sites for hydroxylation is 1. The number of ketones is 1. The van der Waals surface area contributed by atoms with E-state index in [1.165, 1.54) is 5.56 Å². The number of nitrogens with one attached hydrogen (secondary N) is 1. The van der Waals surface area contributed by atoms with Crippen molar-refractivity contribution in [2.45, 2.75) is 33.6 Å². The SMILES string of the molecule is CCN(c1nc(C)cc(C(=O)c2ccc3[nH]ccc3c2)n1)c1ccc(C(C)C)cc1Br. The van der Waals surface area contributed by atoms with E-state index in [9.17, 15) is 4.79 Å². The molecule has 0 aliphatic heterocycles. The Morgan fingerprint density at radius 3 is 2.61 bits per heavy atom. The van der Waals surface area contributed by atoms with E-state index in [2.05, 4.69) is 69.9 Å². The van der Waals surface area contributed by atoms with E-state index in [4.69, 9.17) is 0 Å². The maximum atomic E-state index is 13.2. The highest BCUT2D eigenvalue weighted by atomic mass is 79.9. The fourth-order valence-corrected chi connectivity index (χ4v) is 4.26. The van der Waals surface area contributed by atoms with Crippen LogP contribution < -0.4 is 4.90 Å². The lowest BCUT2D eigenvalue weighted by molar-refractivity contribution is 0.103. The first-order valence-electron chi connectivity index (χ1n) is 10.4. The minimum atomic E-state index is -0.111. The van der Waals surface area contributed by atoms with Crippen molar-refractivity contribution in [2.24, 2.45) is 0 Å². The van der Waals surface area contributed by atoms with Gasteiger partial charge in [-0.1, -0.05) is 19.9 Å². The Bertz CT molecular complexity index is 1260. The molecule has 0 saturated carbocycles. The summed E-state index contributed by atoms with van der Waals surface area (Å²) in [7, 11) is 0. The average molecular weight is 477 g/mol. The molecule has 158 valence electrons. The Labute approximate surface area is 190 Å². The molecule has 0 radical (unpaired) electrons. The molecule has 2 aromatic heterocycles. The van der Waals surface area contributed by atoms with E-state index < -0.39 is 0 Å². The number of H-pyrrole nitrogens is 1. The van der Waals surface area contributed by atoms with Crippen molar-refractivity contribution in [2.75, 3.05) is 11.4 Å². The highest BCUT2D eigenvalue weighted by Crippen LogP contribution is 2.33. The van der Waals surface area contributed by atoms with Crippen molar-refractivity contribution in [3.05, 3.63) is 81.7 Å². The molecule has 1 N–H and O–H groups in total. The molecule has 0 fully saturated rings. The van der Waals surface area contributed by atoms with Gasteiger partial charge in [-0.3, -0.25) is 4.79 Å². The molecule has 2 aromatic carbocycles. The number of aromatic nitrogens is 3. The molecule has 0 unspecified atom stereocenters. The Balaban J connectivity index is 1.73. The second-order valence-corrected chi connectivity index (χ2v) is 8.77. The Morgan fingerprint density at radius 1 is 1.10 bits per heavy atom. The number of fused-ring (bicyclic) bond motifs is 1. The molecule has 0 spiro atoms. The molecule has 4 aromatic rings. The third-order valence-electron chi connectivity index (χ3n) is 5.38. The van der Waals surface area contributed by atoms with Crippen LogP contribution in [0.1, 0.15) is 54.0 Å². The molecule has 4 rings (SSSR count). The van der Waals surface area contributed by atoms with E-state index in [0.29, 0.717) is 29.7 Å². The van der Waals surface area contributed by atoms with Gasteiger partial charge in [-0.25, -0.2) is 9.97 Å². The van der Waals surface area contributed by atoms with Gasteiger partial charge in [0, 0.05) is 39.4 Å². The minimum Gasteiger partial charge on any atom is -0.361 e. The molecule has 2 heterocycles. The minimum absolute atomic E-state index is 0.111. The number of benzene rings is 2. The zero-order chi connectivity index (χ0) is 22.1. The monoisotopic (exact) mass is 476 g/mol. The van der Waals surface area contributed by atoms with Crippen molar-refractivity contribution >= 4 is 44.3 Å². The normalized spacial score (nSPS) is 11.3. The summed E-state index contributed by atoms with van der Waals surface area (Å²) in [6, 6.07) is 15.7. The molecule has 6 heteroatoms. The molecule has 0 aliphatic rings. The van der Waals surface area contributed by atoms with Gasteiger partial charge in [-0.2, -0.15) is 0 Å². The summed E-state index contributed by atoms with van der Waals surface area (Å²) in [5.41, 5.74) is 5.00. The van der Waals surface area contributed by atoms with E-state index in [1.807, 2.05) is 42.3 Å². The summed E-state index contributed by atoms with van der Waals surface area (Å²) < 4.78 is 0.983. The molecule has 5 nitrogen and oxygen atoms in total. The number of anilines is 2. The van der Waals surface area contributed by atoms with Gasteiger partial charge in [0.25, 0.3) is 0 Å². The van der Waals surface area contributed by atoms with Gasteiger partial charge in [-0.15, -0.1) is 0 Å². The average Bonchev–Trinajstić information content (AvgIpc) is 3.22. The summed E-state index contributed by atoms with van der Waals surface area (Å²) in [6.45, 7) is 8.96. The van der Waals surface area contributed by atoms with Crippen molar-refractivity contribution in [1.29, 1.82) is 0 Å². The molecule has 0 atom stereocenters. The van der Waals surface area contributed by atoms with Gasteiger partial charge < -0.3 is 9.88 Å². The van der Waals surface area contributed by atoms with Crippen LogP contribution in [0.25, 0.3) is 10.9 Å². The van der Waals surface area contributed by atoms with Gasteiger partial charge >= 0.3 is 0 Å². The lowest BCUT2D eigenvalue weighted by atomic mass is 10.0. The zero-order valence-corrected chi connectivity index (χ0v) is 19.7. The Hall–Kier alpha value is -2.99. The maximum Gasteiger partial charge on any atom is 0.230 e. The first kappa shape index (κ1) is 21.2. The zero-order valence-electron chi connectivity index (χ0n) is 18.1. The van der Waals surface area contributed by atoms with E-state index >= 15 is 0 Å². The highest BCUT2D eigenvalue weighted by molar-refractivity contribution is 9.10. The van der Waals surface area contributed by atoms with Crippen molar-refractivity contribution in [3.63, 3.8) is 0 Å². The van der Waals surface area contributed by atoms with Crippen LogP contribution in [0.3, 0.4) is 0 Å². The largest absolute Gasteiger partial charge is 0.361 e. The number of hydrogen-bond donors (Lipinski definition) is 1. The second-order valence-electron chi connectivity index (χ2n) is 7.91. The molecular weight excluding hydrogens is 452 g/mol. The molecule has 0 saturated heterocycles. The lowest BCUT2D eigenvalue weighted by Gasteiger charge is -2.24. The summed E-state index contributed by atoms with van der Waals surface area (Å²) in [6.07, 6.45) is 1.87. The number of aromatic amines is 1. The predicted molar refractivity (Wildman–Crippen MR) is 129 cm³/mol. The molecular formula is C25H25BrN4O. The maximum absolute atomic E-state index is 13.2. The van der Waals surface area contributed by atoms with Gasteiger partial charge in [-0.05, 0) is 83.7 Å². The molecule has 0 aliphatic carbocycles. The first-order chi connectivity index (χ1) is 14.9. The summed E-state index contributed by atoms with van der Waals surface area (Å²) in [4.78, 5) is 27.7. The van der Waals surface area contributed by atoms with Crippen LogP contribution in [0, 0.1) is 6.92 Å². The van der Waals surface area contributed by atoms with Crippen molar-refractivity contribution in [3.8, 4) is 0 Å². The Morgan fingerprint density at radius 2 is 1.90 bits per heavy atom. The first-order valence-corrected chi connectivity index (χ1v) is 11.2. The van der Waals surface area contributed by atoms with Crippen LogP contribution in [0.2, 0.25) is 0 Å². The van der Waals surface area contributed by atoms with Crippen LogP contribution in [0.5, 0.6) is 0 Å². The van der Waals surface area contributed by atoms with Crippen LogP contribution in [0.4, 0.5) is 11.6 Å². The second kappa shape index (κ2) is 8.63. The number of carbonyl (C=O) groups excluding carboxylic acids is 1. The quantitative estimate of drug-likeness (QED) is 0.320. The summed E-state index contributed by atoms with van der Waals surface area (Å²) in [5.74, 6) is 0.851. The van der Waals surface area contributed by atoms with Gasteiger partial charge in [0.1, 0.15) is 5.69 Å². The predicted octanol–water partition coefficient (Wildman–Crippen LogP) is 6.54. The third-order valence-corrected chi connectivity index (χ3v) is 6.01. The van der Waals surface area contributed by atoms with E-state index in [0.717, 1.165) is 26.8 Å². The smallest absolute Gasteiger partial charge is 0.230 e. The number of carbonyl (C=O) groups is 1. The number of hydrogen-bond acceptors (Lipinski definition) is 4. The number of rotatable bonds is 6. The lowest BCUT2D eigenvalue weighted by Crippen LogP contribution is -2.21. The van der Waals surface area contributed by atoms with Crippen LogP contribution in [-0.2, 0) is 0 Å². The van der Waals surface area contributed by atoms with Crippen molar-refractivity contribution in [1.82, 2.24) is 15.0 Å². The van der Waals surface area contributed by atoms with Crippen LogP contribution >= 0.6 is 15.9 Å². The third kappa shape index (κ3) is 4.26. The van der Waals surface area contributed by atoms with Crippen molar-refractivity contribution < 1.29 is 4.79 Å². The standard InChI is InChI=1S/C25H25BrN4O/c1-5-30(23-9-7-17(15(2)3)14-20(23)26)25-28-16(4)12-22(29-25)24(31)19-6-8-21-18(13-19)10-11-27-21/h6-15,27H,5H2,1-4H3. The molecule has 0 amide bonds. The number of nitrogens with zero attached hydrogens (tertiary/aromatic N) is 3. The van der Waals surface area contributed by atoms with Crippen LogP contribution in [0.15, 0.2) is 59.2 Å². The highest BCUT2D eigenvalue weighted by Gasteiger charge is 2.19. The fraction of sp³-hybridized carbons (Fsp3) is 0.240. The summed E-state index contributed by atoms with van der Waals surface area (Å²) in [5, 5.41) is 1.00. The number of halogens is 1. The van der Waals surface area contributed by atoms with E-state index in [-0.39, 0.29) is 5.78 Å². The summed E-state index contributed by atoms with van der Waals surface area (Å²) >= 11 is 3.71. The fourth-order valence-electron chi connectivity index (χ4n) is 3.65. The Kier molecular flexibility index (Phi) is 5.92. The van der Waals surface area contributed by atoms with Gasteiger partial charge in [0.2, 0.25) is 11.7 Å². The topological polar surface area (TPSA) is 61.9 Å². The molecule has 0 bridgehead atoms. The van der Waals surface area contributed by atoms with E-state index in [1.54, 1.807) is 6.07 Å². The van der Waals surface area contributed by atoms with Gasteiger partial charge in [0.15, 0.2) is 0 Å². The molecule has 31 heavy (non-hydrogen) atoms. The van der Waals surface area contributed by atoms with Crippen LogP contribution in [-0.4, -0.2) is 27.3 Å². The van der Waals surface area contributed by atoms with Gasteiger partial charge in [0.05, 0.1) is 5.69 Å².